The van der Waals surface area contributed by atoms with E-state index in [1.54, 1.807) is 18.2 Å². The lowest BCUT2D eigenvalue weighted by Crippen LogP contribution is -1.95. The van der Waals surface area contributed by atoms with E-state index in [0.717, 1.165) is 16.1 Å². The number of rotatable bonds is 7. The lowest BCUT2D eigenvalue weighted by molar-refractivity contribution is 0.104. The van der Waals surface area contributed by atoms with E-state index in [9.17, 15) is 9.90 Å². The number of halogens is 1. The van der Waals surface area contributed by atoms with Crippen molar-refractivity contribution in [3.05, 3.63) is 81.8 Å². The normalized spacial score (nSPS) is 11.0. The molecule has 5 nitrogen and oxygen atoms in total. The van der Waals surface area contributed by atoms with Gasteiger partial charge in [-0.2, -0.15) is 0 Å². The number of hydrogen-bond acceptors (Lipinski definition) is 5. The van der Waals surface area contributed by atoms with Gasteiger partial charge in [0.05, 0.1) is 7.11 Å². The second kappa shape index (κ2) is 8.88. The minimum Gasteiger partial charge on any atom is -0.504 e. The van der Waals surface area contributed by atoms with Crippen LogP contribution in [0.3, 0.4) is 0 Å². The highest BCUT2D eigenvalue weighted by atomic mass is 35.5. The molecule has 0 unspecified atom stereocenters. The molecule has 0 aliphatic rings. The number of methoxy groups -OCH3 is 1. The van der Waals surface area contributed by atoms with Crippen LogP contribution >= 0.6 is 11.6 Å². The molecule has 0 bridgehead atoms. The van der Waals surface area contributed by atoms with Gasteiger partial charge in [0.15, 0.2) is 17.3 Å². The number of ketones is 1. The molecule has 0 saturated heterocycles. The molecule has 0 fully saturated rings. The molecule has 6 heteroatoms. The molecule has 0 spiro atoms. The molecule has 0 radical (unpaired) electrons. The molecule has 3 aromatic rings. The van der Waals surface area contributed by atoms with E-state index in [4.69, 9.17) is 25.5 Å². The molecular weight excluding hydrogens is 392 g/mol. The Labute approximate surface area is 174 Å². The Morgan fingerprint density at radius 1 is 1.14 bits per heavy atom. The first-order chi connectivity index (χ1) is 13.9. The minimum absolute atomic E-state index is 0.0187. The molecule has 0 amide bonds. The third-order valence-corrected chi connectivity index (χ3v) is 4.93. The van der Waals surface area contributed by atoms with E-state index >= 15 is 0 Å². The summed E-state index contributed by atoms with van der Waals surface area (Å²) in [4.78, 5) is 12.3. The summed E-state index contributed by atoms with van der Waals surface area (Å²) in [5.41, 5.74) is 2.31. The number of benzene rings is 2. The number of furan rings is 1. The van der Waals surface area contributed by atoms with Gasteiger partial charge in [-0.15, -0.1) is 0 Å². The van der Waals surface area contributed by atoms with E-state index in [-0.39, 0.29) is 23.9 Å². The number of hydrogen-bond donors (Lipinski definition) is 1. The van der Waals surface area contributed by atoms with Gasteiger partial charge in [-0.1, -0.05) is 11.6 Å². The molecule has 0 aliphatic heterocycles. The van der Waals surface area contributed by atoms with E-state index < -0.39 is 0 Å². The fraction of sp³-hybridized carbons (Fsp3) is 0.174. The Kier molecular flexibility index (Phi) is 6.29. The van der Waals surface area contributed by atoms with Crippen LogP contribution in [0.4, 0.5) is 0 Å². The Bertz CT molecular complexity index is 1040. The molecule has 3 rings (SSSR count). The zero-order valence-electron chi connectivity index (χ0n) is 16.4. The van der Waals surface area contributed by atoms with Crippen molar-refractivity contribution in [2.75, 3.05) is 7.11 Å². The summed E-state index contributed by atoms with van der Waals surface area (Å²) in [6.45, 7) is 4.12. The van der Waals surface area contributed by atoms with Crippen LogP contribution in [0.2, 0.25) is 5.02 Å². The van der Waals surface area contributed by atoms with Crippen molar-refractivity contribution < 1.29 is 23.8 Å². The lowest BCUT2D eigenvalue weighted by Gasteiger charge is -2.08. The van der Waals surface area contributed by atoms with Gasteiger partial charge in [0.1, 0.15) is 23.9 Å². The number of aryl methyl sites for hydroxylation is 2. The summed E-state index contributed by atoms with van der Waals surface area (Å²) in [5, 5.41) is 10.4. The summed E-state index contributed by atoms with van der Waals surface area (Å²) in [7, 11) is 1.43. The first kappa shape index (κ1) is 20.6. The van der Waals surface area contributed by atoms with Gasteiger partial charge in [0.25, 0.3) is 0 Å². The first-order valence-corrected chi connectivity index (χ1v) is 9.33. The molecule has 29 heavy (non-hydrogen) atoms. The Balaban J connectivity index is 1.63. The predicted molar refractivity (Wildman–Crippen MR) is 112 cm³/mol. The van der Waals surface area contributed by atoms with Crippen molar-refractivity contribution in [3.63, 3.8) is 0 Å². The highest BCUT2D eigenvalue weighted by molar-refractivity contribution is 6.32. The van der Waals surface area contributed by atoms with Crippen molar-refractivity contribution in [3.8, 4) is 17.2 Å². The molecule has 0 saturated carbocycles. The largest absolute Gasteiger partial charge is 0.504 e. The fourth-order valence-corrected chi connectivity index (χ4v) is 2.90. The maximum Gasteiger partial charge on any atom is 0.186 e. The number of phenolic OH excluding ortho intramolecular Hbond substituents is 1. The van der Waals surface area contributed by atoms with Crippen molar-refractivity contribution in [2.24, 2.45) is 0 Å². The van der Waals surface area contributed by atoms with E-state index in [0.29, 0.717) is 22.8 Å². The van der Waals surface area contributed by atoms with Gasteiger partial charge in [0.2, 0.25) is 0 Å². The lowest BCUT2D eigenvalue weighted by atomic mass is 10.1. The summed E-state index contributed by atoms with van der Waals surface area (Å²) >= 11 is 6.17. The molecular formula is C23H21ClO5. The summed E-state index contributed by atoms with van der Waals surface area (Å²) in [6.07, 6.45) is 2.99. The van der Waals surface area contributed by atoms with Crippen LogP contribution in [0, 0.1) is 13.8 Å². The second-order valence-corrected chi connectivity index (χ2v) is 6.93. The van der Waals surface area contributed by atoms with Crippen LogP contribution in [0.15, 0.2) is 53.0 Å². The number of carbonyl (C=O) groups is 1. The number of aromatic hydroxyl groups is 1. The van der Waals surface area contributed by atoms with Crippen LogP contribution in [0.1, 0.15) is 33.0 Å². The summed E-state index contributed by atoms with van der Waals surface area (Å²) in [5.74, 6) is 1.88. The maximum absolute atomic E-state index is 12.3. The molecule has 1 aromatic heterocycles. The van der Waals surface area contributed by atoms with Crippen LogP contribution in [-0.2, 0) is 6.61 Å². The van der Waals surface area contributed by atoms with Gasteiger partial charge in [0, 0.05) is 10.6 Å². The Morgan fingerprint density at radius 2 is 1.86 bits per heavy atom. The molecule has 0 atom stereocenters. The van der Waals surface area contributed by atoms with E-state index in [1.807, 2.05) is 26.0 Å². The summed E-state index contributed by atoms with van der Waals surface area (Å²) in [6, 6.07) is 11.7. The predicted octanol–water partition coefficient (Wildman–Crippen LogP) is 5.74. The number of phenols is 1. The topological polar surface area (TPSA) is 68.9 Å². The smallest absolute Gasteiger partial charge is 0.186 e. The van der Waals surface area contributed by atoms with Crippen molar-refractivity contribution in [1.82, 2.24) is 0 Å². The minimum atomic E-state index is -0.232. The zero-order valence-corrected chi connectivity index (χ0v) is 17.1. The van der Waals surface area contributed by atoms with Gasteiger partial charge in [-0.3, -0.25) is 4.79 Å². The van der Waals surface area contributed by atoms with E-state index in [1.165, 1.54) is 31.4 Å². The molecule has 0 aliphatic carbocycles. The Hall–Kier alpha value is -3.18. The van der Waals surface area contributed by atoms with Crippen molar-refractivity contribution in [1.29, 1.82) is 0 Å². The number of ether oxygens (including phenoxy) is 2. The van der Waals surface area contributed by atoms with Crippen LogP contribution < -0.4 is 9.47 Å². The van der Waals surface area contributed by atoms with Crippen LogP contribution in [0.25, 0.3) is 6.08 Å². The third-order valence-electron chi connectivity index (χ3n) is 4.34. The standard InChI is InChI=1S/C23H21ClO5/c1-14-10-19(11-15(2)23(14)24)28-13-18-6-5-17(29-18)7-9-20(25)16-4-8-21(26)22(12-16)27-3/h4-12,26H,13H2,1-3H3/b9-7+. The molecule has 1 heterocycles. The fourth-order valence-electron chi connectivity index (χ4n) is 2.79. The maximum atomic E-state index is 12.3. The quantitative estimate of drug-likeness (QED) is 0.396. The molecule has 1 N–H and O–H groups in total. The summed E-state index contributed by atoms with van der Waals surface area (Å²) < 4.78 is 16.5. The van der Waals surface area contributed by atoms with Crippen LogP contribution in [-0.4, -0.2) is 18.0 Å². The third kappa shape index (κ3) is 5.00. The highest BCUT2D eigenvalue weighted by Crippen LogP contribution is 2.27. The highest BCUT2D eigenvalue weighted by Gasteiger charge is 2.09. The zero-order chi connectivity index (χ0) is 21.0. The van der Waals surface area contributed by atoms with E-state index in [2.05, 4.69) is 0 Å². The van der Waals surface area contributed by atoms with Gasteiger partial charge < -0.3 is 19.0 Å². The molecule has 150 valence electrons. The number of carbonyl (C=O) groups excluding carboxylic acids is 1. The first-order valence-electron chi connectivity index (χ1n) is 8.95. The van der Waals surface area contributed by atoms with Crippen LogP contribution in [0.5, 0.6) is 17.2 Å². The average molecular weight is 413 g/mol. The second-order valence-electron chi connectivity index (χ2n) is 6.55. The average Bonchev–Trinajstić information content (AvgIpc) is 3.16. The van der Waals surface area contributed by atoms with Gasteiger partial charge in [-0.05, 0) is 79.6 Å². The molecule has 2 aromatic carbocycles. The monoisotopic (exact) mass is 412 g/mol. The van der Waals surface area contributed by atoms with Gasteiger partial charge in [-0.25, -0.2) is 0 Å². The SMILES string of the molecule is COc1cc(C(=O)/C=C/c2ccc(COc3cc(C)c(Cl)c(C)c3)o2)ccc1O. The Morgan fingerprint density at radius 3 is 2.55 bits per heavy atom. The van der Waals surface area contributed by atoms with Gasteiger partial charge >= 0.3 is 0 Å². The van der Waals surface area contributed by atoms with Crippen molar-refractivity contribution in [2.45, 2.75) is 20.5 Å². The number of allylic oxidation sites excluding steroid dienone is 1. The van der Waals surface area contributed by atoms with Crippen molar-refractivity contribution >= 4 is 23.5 Å².